The van der Waals surface area contributed by atoms with Gasteiger partial charge in [-0.05, 0) is 19.9 Å². The number of nitrogens with zero attached hydrogens (tertiary/aromatic N) is 3. The van der Waals surface area contributed by atoms with Crippen molar-refractivity contribution >= 4 is 12.4 Å². The molecule has 1 aromatic rings. The van der Waals surface area contributed by atoms with Crippen LogP contribution >= 0.6 is 12.4 Å². The minimum Gasteiger partial charge on any atom is -0.361 e. The second-order valence-corrected chi connectivity index (χ2v) is 5.39. The molecule has 2 aliphatic heterocycles. The predicted molar refractivity (Wildman–Crippen MR) is 76.6 cm³/mol. The molecule has 0 bridgehead atoms. The topological polar surface area (TPSA) is 44.5 Å². The summed E-state index contributed by atoms with van der Waals surface area (Å²) >= 11 is 0. The van der Waals surface area contributed by atoms with E-state index in [9.17, 15) is 0 Å². The van der Waals surface area contributed by atoms with Crippen molar-refractivity contribution in [1.82, 2.24) is 20.3 Å². The van der Waals surface area contributed by atoms with Gasteiger partial charge in [0.1, 0.15) is 5.76 Å². The quantitative estimate of drug-likeness (QED) is 0.894. The van der Waals surface area contributed by atoms with Crippen molar-refractivity contribution in [3.05, 3.63) is 17.5 Å². The number of aromatic nitrogens is 1. The monoisotopic (exact) mass is 286 g/mol. The second-order valence-electron chi connectivity index (χ2n) is 5.39. The normalized spacial score (nSPS) is 25.4. The zero-order valence-corrected chi connectivity index (χ0v) is 12.3. The summed E-state index contributed by atoms with van der Waals surface area (Å²) in [5.74, 6) is 0.903. The molecule has 3 heterocycles. The molecule has 1 N–H and O–H groups in total. The van der Waals surface area contributed by atoms with E-state index in [1.54, 1.807) is 0 Å². The molecule has 0 saturated carbocycles. The standard InChI is InChI=1S/C13H22N4O.ClH/c1-11-8-12(15-18-11)10-16-4-6-17(7-5-16)13-2-3-14-9-13;/h8,13-14H,2-7,9-10H2,1H3;1H. The van der Waals surface area contributed by atoms with Gasteiger partial charge in [-0.2, -0.15) is 0 Å². The molecule has 1 atom stereocenters. The minimum atomic E-state index is 0. The highest BCUT2D eigenvalue weighted by molar-refractivity contribution is 5.85. The van der Waals surface area contributed by atoms with E-state index < -0.39 is 0 Å². The molecule has 2 saturated heterocycles. The summed E-state index contributed by atoms with van der Waals surface area (Å²) in [6, 6.07) is 2.80. The van der Waals surface area contributed by atoms with E-state index in [0.29, 0.717) is 0 Å². The Labute approximate surface area is 120 Å². The van der Waals surface area contributed by atoms with Crippen molar-refractivity contribution in [2.45, 2.75) is 25.9 Å². The van der Waals surface area contributed by atoms with Gasteiger partial charge in [0.2, 0.25) is 0 Å². The Morgan fingerprint density at radius 3 is 2.74 bits per heavy atom. The molecule has 108 valence electrons. The Morgan fingerprint density at radius 1 is 1.37 bits per heavy atom. The number of piperazine rings is 1. The van der Waals surface area contributed by atoms with Crippen molar-refractivity contribution in [3.8, 4) is 0 Å². The van der Waals surface area contributed by atoms with E-state index in [2.05, 4.69) is 20.3 Å². The third kappa shape index (κ3) is 3.69. The molecule has 2 fully saturated rings. The maximum Gasteiger partial charge on any atom is 0.133 e. The van der Waals surface area contributed by atoms with Gasteiger partial charge in [-0.3, -0.25) is 9.80 Å². The fourth-order valence-corrected chi connectivity index (χ4v) is 2.96. The second kappa shape index (κ2) is 6.70. The maximum absolute atomic E-state index is 5.11. The Morgan fingerprint density at radius 2 is 2.16 bits per heavy atom. The molecule has 3 rings (SSSR count). The van der Waals surface area contributed by atoms with E-state index in [1.807, 2.05) is 13.0 Å². The van der Waals surface area contributed by atoms with Crippen LogP contribution in [0.15, 0.2) is 10.6 Å². The largest absolute Gasteiger partial charge is 0.361 e. The number of hydrogen-bond acceptors (Lipinski definition) is 5. The molecule has 0 spiro atoms. The van der Waals surface area contributed by atoms with E-state index in [-0.39, 0.29) is 12.4 Å². The van der Waals surface area contributed by atoms with Gasteiger partial charge in [0.05, 0.1) is 5.69 Å². The zero-order chi connectivity index (χ0) is 12.4. The van der Waals surface area contributed by atoms with Gasteiger partial charge >= 0.3 is 0 Å². The van der Waals surface area contributed by atoms with Crippen molar-refractivity contribution in [3.63, 3.8) is 0 Å². The van der Waals surface area contributed by atoms with E-state index in [1.165, 1.54) is 32.6 Å². The van der Waals surface area contributed by atoms with Gasteiger partial charge in [-0.1, -0.05) is 5.16 Å². The van der Waals surface area contributed by atoms with Gasteiger partial charge in [0.15, 0.2) is 0 Å². The van der Waals surface area contributed by atoms with Crippen LogP contribution < -0.4 is 5.32 Å². The van der Waals surface area contributed by atoms with Crippen LogP contribution in [0, 0.1) is 6.92 Å². The summed E-state index contributed by atoms with van der Waals surface area (Å²) in [6.45, 7) is 9.87. The molecule has 6 heteroatoms. The Kier molecular flexibility index (Phi) is 5.21. The lowest BCUT2D eigenvalue weighted by molar-refractivity contribution is 0.0966. The maximum atomic E-state index is 5.11. The zero-order valence-electron chi connectivity index (χ0n) is 11.5. The lowest BCUT2D eigenvalue weighted by Gasteiger charge is -2.37. The van der Waals surface area contributed by atoms with Crippen molar-refractivity contribution in [2.75, 3.05) is 39.3 Å². The smallest absolute Gasteiger partial charge is 0.133 e. The average molecular weight is 287 g/mol. The van der Waals surface area contributed by atoms with Gasteiger partial charge in [0.25, 0.3) is 0 Å². The fraction of sp³-hybridized carbons (Fsp3) is 0.769. The van der Waals surface area contributed by atoms with E-state index >= 15 is 0 Å². The average Bonchev–Trinajstić information content (AvgIpc) is 3.02. The lowest BCUT2D eigenvalue weighted by Crippen LogP contribution is -2.50. The van der Waals surface area contributed by atoms with E-state index in [4.69, 9.17) is 4.52 Å². The van der Waals surface area contributed by atoms with Crippen LogP contribution in [0.4, 0.5) is 0 Å². The molecule has 0 aliphatic carbocycles. The first kappa shape index (κ1) is 14.8. The summed E-state index contributed by atoms with van der Waals surface area (Å²) in [5, 5.41) is 7.51. The highest BCUT2D eigenvalue weighted by Crippen LogP contribution is 2.13. The predicted octanol–water partition coefficient (Wildman–Crippen LogP) is 0.884. The third-order valence-electron chi connectivity index (χ3n) is 4.02. The van der Waals surface area contributed by atoms with Crippen LogP contribution in [0.3, 0.4) is 0 Å². The Bertz CT molecular complexity index is 384. The van der Waals surface area contributed by atoms with Crippen LogP contribution in [0.5, 0.6) is 0 Å². The Balaban J connectivity index is 0.00000133. The fourth-order valence-electron chi connectivity index (χ4n) is 2.96. The first-order valence-corrected chi connectivity index (χ1v) is 6.90. The molecule has 1 aromatic heterocycles. The van der Waals surface area contributed by atoms with Gasteiger partial charge in [-0.15, -0.1) is 12.4 Å². The van der Waals surface area contributed by atoms with Crippen molar-refractivity contribution < 1.29 is 4.52 Å². The lowest BCUT2D eigenvalue weighted by atomic mass is 10.2. The molecule has 1 unspecified atom stereocenters. The highest BCUT2D eigenvalue weighted by atomic mass is 35.5. The molecule has 0 radical (unpaired) electrons. The molecule has 5 nitrogen and oxygen atoms in total. The first-order valence-electron chi connectivity index (χ1n) is 6.90. The number of hydrogen-bond donors (Lipinski definition) is 1. The van der Waals surface area contributed by atoms with Gasteiger partial charge in [0, 0.05) is 51.4 Å². The van der Waals surface area contributed by atoms with Crippen LogP contribution in [0.1, 0.15) is 17.9 Å². The molecule has 2 aliphatic rings. The summed E-state index contributed by atoms with van der Waals surface area (Å²) < 4.78 is 5.11. The van der Waals surface area contributed by atoms with Gasteiger partial charge < -0.3 is 9.84 Å². The summed E-state index contributed by atoms with van der Waals surface area (Å²) in [7, 11) is 0. The molecular formula is C13H23ClN4O. The SMILES string of the molecule is Cc1cc(CN2CCN(C3CCNC3)CC2)no1.Cl. The first-order chi connectivity index (χ1) is 8.81. The van der Waals surface area contributed by atoms with Crippen LogP contribution in [-0.4, -0.2) is 60.3 Å². The highest BCUT2D eigenvalue weighted by Gasteiger charge is 2.26. The van der Waals surface area contributed by atoms with Crippen LogP contribution in [0.25, 0.3) is 0 Å². The molecular weight excluding hydrogens is 264 g/mol. The molecule has 0 aromatic carbocycles. The van der Waals surface area contributed by atoms with Crippen molar-refractivity contribution in [2.24, 2.45) is 0 Å². The summed E-state index contributed by atoms with van der Waals surface area (Å²) in [4.78, 5) is 5.10. The van der Waals surface area contributed by atoms with E-state index in [0.717, 1.165) is 37.1 Å². The Hall–Kier alpha value is -0.620. The number of rotatable bonds is 3. The molecule has 0 amide bonds. The van der Waals surface area contributed by atoms with Gasteiger partial charge in [-0.25, -0.2) is 0 Å². The summed E-state index contributed by atoms with van der Waals surface area (Å²) in [6.07, 6.45) is 1.31. The summed E-state index contributed by atoms with van der Waals surface area (Å²) in [5.41, 5.74) is 1.06. The minimum absolute atomic E-state index is 0. The third-order valence-corrected chi connectivity index (χ3v) is 4.02. The van der Waals surface area contributed by atoms with Crippen LogP contribution in [-0.2, 0) is 6.54 Å². The number of nitrogens with one attached hydrogen (secondary N) is 1. The molecule has 19 heavy (non-hydrogen) atoms. The number of halogens is 1. The van der Waals surface area contributed by atoms with Crippen molar-refractivity contribution in [1.29, 1.82) is 0 Å². The van der Waals surface area contributed by atoms with Crippen LogP contribution in [0.2, 0.25) is 0 Å². The number of aryl methyl sites for hydroxylation is 1.